The Hall–Kier alpha value is -4.14. The number of hydrogen-bond donors (Lipinski definition) is 3. The van der Waals surface area contributed by atoms with Gasteiger partial charge in [0.05, 0.1) is 30.4 Å². The van der Waals surface area contributed by atoms with Crippen LogP contribution in [-0.2, 0) is 4.79 Å². The molecule has 0 aromatic heterocycles. The molecule has 0 spiro atoms. The van der Waals surface area contributed by atoms with Crippen LogP contribution in [0.5, 0.6) is 11.5 Å². The number of nitro benzene ring substituents is 1. The van der Waals surface area contributed by atoms with E-state index in [-0.39, 0.29) is 23.6 Å². The molecule has 3 aromatic carbocycles. The third kappa shape index (κ3) is 4.41. The fourth-order valence-corrected chi connectivity index (χ4v) is 2.84. The Morgan fingerprint density at radius 3 is 2.72 bits per heavy atom. The van der Waals surface area contributed by atoms with Gasteiger partial charge in [0.1, 0.15) is 0 Å². The number of anilines is 1. The maximum atomic E-state index is 12.1. The average molecular weight is 394 g/mol. The molecule has 0 fully saturated rings. The Morgan fingerprint density at radius 1 is 1.21 bits per heavy atom. The molecule has 0 aliphatic carbocycles. The van der Waals surface area contributed by atoms with Crippen LogP contribution in [-0.4, -0.2) is 35.8 Å². The number of nitrogens with zero attached hydrogens (tertiary/aromatic N) is 2. The Labute approximate surface area is 165 Å². The minimum Gasteiger partial charge on any atom is -0.504 e. The van der Waals surface area contributed by atoms with Gasteiger partial charge in [0.15, 0.2) is 5.75 Å². The Morgan fingerprint density at radius 2 is 1.97 bits per heavy atom. The SMILES string of the molecule is COc1c(O)ccc(/C=N/NC(=O)CNc2cccc3ccccc23)c1[N+](=O)[O-]. The number of methoxy groups -OCH3 is 1. The topological polar surface area (TPSA) is 126 Å². The molecule has 3 aromatic rings. The number of rotatable bonds is 7. The minimum absolute atomic E-state index is 0.0354. The standard InChI is InChI=1S/C20H18N4O5/c1-29-20-17(25)10-9-14(19(20)24(27)28)11-22-23-18(26)12-21-16-8-4-6-13-5-2-3-7-15(13)16/h2-11,21,25H,12H2,1H3,(H,23,26)/b22-11+. The first-order valence-electron chi connectivity index (χ1n) is 8.59. The number of ether oxygens (including phenoxy) is 1. The molecule has 3 rings (SSSR count). The van der Waals surface area contributed by atoms with Gasteiger partial charge >= 0.3 is 5.69 Å². The fourth-order valence-electron chi connectivity index (χ4n) is 2.84. The number of carbonyl (C=O) groups is 1. The number of phenolic OH excluding ortho intramolecular Hbond substituents is 1. The number of benzene rings is 3. The number of hydrazone groups is 1. The van der Waals surface area contributed by atoms with E-state index in [1.54, 1.807) is 0 Å². The molecule has 0 saturated heterocycles. The first kappa shape index (κ1) is 19.6. The maximum absolute atomic E-state index is 12.1. The van der Waals surface area contributed by atoms with Crippen LogP contribution in [0.4, 0.5) is 11.4 Å². The van der Waals surface area contributed by atoms with Crippen LogP contribution in [0.1, 0.15) is 5.56 Å². The zero-order valence-electron chi connectivity index (χ0n) is 15.5. The molecule has 9 nitrogen and oxygen atoms in total. The zero-order chi connectivity index (χ0) is 20.8. The number of aromatic hydroxyl groups is 1. The molecule has 0 radical (unpaired) electrons. The number of carbonyl (C=O) groups excluding carboxylic acids is 1. The molecule has 9 heteroatoms. The van der Waals surface area contributed by atoms with E-state index in [9.17, 15) is 20.0 Å². The van der Waals surface area contributed by atoms with Gasteiger partial charge in [-0.1, -0.05) is 36.4 Å². The Balaban J connectivity index is 1.67. The van der Waals surface area contributed by atoms with E-state index >= 15 is 0 Å². The molecular formula is C20H18N4O5. The quantitative estimate of drug-likeness (QED) is 0.321. The highest BCUT2D eigenvalue weighted by Crippen LogP contribution is 2.37. The summed E-state index contributed by atoms with van der Waals surface area (Å²) in [6, 6.07) is 16.1. The van der Waals surface area contributed by atoms with Crippen molar-refractivity contribution < 1.29 is 19.6 Å². The van der Waals surface area contributed by atoms with Gasteiger partial charge in [0.2, 0.25) is 5.75 Å². The summed E-state index contributed by atoms with van der Waals surface area (Å²) >= 11 is 0. The molecular weight excluding hydrogens is 376 g/mol. The second kappa shape index (κ2) is 8.70. The highest BCUT2D eigenvalue weighted by atomic mass is 16.6. The van der Waals surface area contributed by atoms with Crippen LogP contribution in [0.25, 0.3) is 10.8 Å². The second-order valence-electron chi connectivity index (χ2n) is 5.99. The smallest absolute Gasteiger partial charge is 0.323 e. The van der Waals surface area contributed by atoms with Crippen LogP contribution < -0.4 is 15.5 Å². The molecule has 0 saturated carbocycles. The van der Waals surface area contributed by atoms with E-state index in [1.807, 2.05) is 42.5 Å². The summed E-state index contributed by atoms with van der Waals surface area (Å²) < 4.78 is 4.88. The predicted octanol–water partition coefficient (Wildman–Crippen LogP) is 3.02. The number of amides is 1. The first-order chi connectivity index (χ1) is 14.0. The van der Waals surface area contributed by atoms with Crippen molar-refractivity contribution in [3.05, 3.63) is 70.3 Å². The molecule has 29 heavy (non-hydrogen) atoms. The Kier molecular flexibility index (Phi) is 5.88. The van der Waals surface area contributed by atoms with Crippen LogP contribution in [0.15, 0.2) is 59.7 Å². The predicted molar refractivity (Wildman–Crippen MR) is 109 cm³/mol. The van der Waals surface area contributed by atoms with E-state index in [4.69, 9.17) is 4.74 Å². The third-order valence-electron chi connectivity index (χ3n) is 4.15. The summed E-state index contributed by atoms with van der Waals surface area (Å²) in [6.45, 7) is -0.0354. The molecule has 0 bridgehead atoms. The number of phenols is 1. The van der Waals surface area contributed by atoms with Crippen molar-refractivity contribution in [1.29, 1.82) is 0 Å². The van der Waals surface area contributed by atoms with Crippen molar-refractivity contribution in [3.8, 4) is 11.5 Å². The number of hydrogen-bond acceptors (Lipinski definition) is 7. The highest BCUT2D eigenvalue weighted by molar-refractivity contribution is 5.95. The minimum atomic E-state index is -0.691. The number of nitrogens with one attached hydrogen (secondary N) is 2. The van der Waals surface area contributed by atoms with Crippen molar-refractivity contribution >= 4 is 34.3 Å². The van der Waals surface area contributed by atoms with Gasteiger partial charge in [-0.05, 0) is 23.6 Å². The summed E-state index contributed by atoms with van der Waals surface area (Å²) in [5, 5.41) is 29.8. The van der Waals surface area contributed by atoms with E-state index in [1.165, 1.54) is 19.2 Å². The molecule has 0 heterocycles. The van der Waals surface area contributed by atoms with Gasteiger partial charge in [-0.25, -0.2) is 5.43 Å². The van der Waals surface area contributed by atoms with Crippen molar-refractivity contribution in [1.82, 2.24) is 5.43 Å². The lowest BCUT2D eigenvalue weighted by Gasteiger charge is -2.09. The molecule has 1 amide bonds. The van der Waals surface area contributed by atoms with Gasteiger partial charge in [0.25, 0.3) is 5.91 Å². The summed E-state index contributed by atoms with van der Waals surface area (Å²) in [6.07, 6.45) is 1.12. The van der Waals surface area contributed by atoms with Crippen molar-refractivity contribution in [2.45, 2.75) is 0 Å². The molecule has 148 valence electrons. The Bertz CT molecular complexity index is 1090. The van der Waals surface area contributed by atoms with Crippen molar-refractivity contribution in [2.24, 2.45) is 5.10 Å². The van der Waals surface area contributed by atoms with E-state index in [0.29, 0.717) is 0 Å². The largest absolute Gasteiger partial charge is 0.504 e. The number of fused-ring (bicyclic) bond motifs is 1. The van der Waals surface area contributed by atoms with Gasteiger partial charge in [-0.2, -0.15) is 5.10 Å². The van der Waals surface area contributed by atoms with Crippen molar-refractivity contribution in [2.75, 3.05) is 19.0 Å². The summed E-state index contributed by atoms with van der Waals surface area (Å²) in [7, 11) is 1.21. The van der Waals surface area contributed by atoms with Gasteiger partial charge < -0.3 is 15.2 Å². The molecule has 0 aliphatic rings. The van der Waals surface area contributed by atoms with Gasteiger partial charge in [0, 0.05) is 11.1 Å². The van der Waals surface area contributed by atoms with Crippen LogP contribution >= 0.6 is 0 Å². The molecule has 0 aliphatic heterocycles. The molecule has 3 N–H and O–H groups in total. The van der Waals surface area contributed by atoms with Gasteiger partial charge in [-0.15, -0.1) is 0 Å². The fraction of sp³-hybridized carbons (Fsp3) is 0.100. The van der Waals surface area contributed by atoms with Gasteiger partial charge in [-0.3, -0.25) is 14.9 Å². The third-order valence-corrected chi connectivity index (χ3v) is 4.15. The average Bonchev–Trinajstić information content (AvgIpc) is 2.72. The summed E-state index contributed by atoms with van der Waals surface area (Å²) in [5.41, 5.74) is 2.75. The van der Waals surface area contributed by atoms with Crippen LogP contribution in [0, 0.1) is 10.1 Å². The normalized spacial score (nSPS) is 10.8. The van der Waals surface area contributed by atoms with Crippen LogP contribution in [0.3, 0.4) is 0 Å². The molecule has 0 unspecified atom stereocenters. The highest BCUT2D eigenvalue weighted by Gasteiger charge is 2.23. The van der Waals surface area contributed by atoms with Crippen LogP contribution in [0.2, 0.25) is 0 Å². The lowest BCUT2D eigenvalue weighted by atomic mass is 10.1. The summed E-state index contributed by atoms with van der Waals surface area (Å²) in [5.74, 6) is -1.06. The van der Waals surface area contributed by atoms with Crippen molar-refractivity contribution in [3.63, 3.8) is 0 Å². The van der Waals surface area contributed by atoms with E-state index < -0.39 is 16.5 Å². The lowest BCUT2D eigenvalue weighted by Crippen LogP contribution is -2.26. The first-order valence-corrected chi connectivity index (χ1v) is 8.59. The summed E-state index contributed by atoms with van der Waals surface area (Å²) in [4.78, 5) is 22.6. The monoisotopic (exact) mass is 394 g/mol. The maximum Gasteiger partial charge on any atom is 0.323 e. The molecule has 0 atom stereocenters. The zero-order valence-corrected chi connectivity index (χ0v) is 15.5. The van der Waals surface area contributed by atoms with E-state index in [0.717, 1.165) is 22.7 Å². The second-order valence-corrected chi connectivity index (χ2v) is 5.99. The lowest BCUT2D eigenvalue weighted by molar-refractivity contribution is -0.386. The number of nitro groups is 1. The van der Waals surface area contributed by atoms with E-state index in [2.05, 4.69) is 15.8 Å².